The molecule has 12 heavy (non-hydrogen) atoms. The Balaban J connectivity index is 3.78. The summed E-state index contributed by atoms with van der Waals surface area (Å²) >= 11 is 2.08. The van der Waals surface area contributed by atoms with Crippen molar-refractivity contribution < 1.29 is 9.90 Å². The standard InChI is InChI=1S/C8H14INO2/c1-2-3-6-10(8(11)12)7-4-5-9/h4-5H,2-3,6-7H2,1H3,(H,11,12). The molecule has 0 atom stereocenters. The number of unbranched alkanes of at least 4 members (excludes halogenated alkanes) is 1. The van der Waals surface area contributed by atoms with Crippen molar-refractivity contribution in [2.45, 2.75) is 19.8 Å². The molecule has 0 spiro atoms. The van der Waals surface area contributed by atoms with Crippen LogP contribution in [0.15, 0.2) is 10.2 Å². The van der Waals surface area contributed by atoms with E-state index < -0.39 is 6.09 Å². The van der Waals surface area contributed by atoms with Gasteiger partial charge in [0.25, 0.3) is 0 Å². The van der Waals surface area contributed by atoms with Crippen LogP contribution in [0.3, 0.4) is 0 Å². The van der Waals surface area contributed by atoms with Gasteiger partial charge in [-0.25, -0.2) is 4.79 Å². The van der Waals surface area contributed by atoms with E-state index in [0.717, 1.165) is 12.8 Å². The normalized spacial score (nSPS) is 10.5. The van der Waals surface area contributed by atoms with Gasteiger partial charge in [-0.1, -0.05) is 42.0 Å². The number of hydrogen-bond donors (Lipinski definition) is 1. The van der Waals surface area contributed by atoms with Crippen molar-refractivity contribution in [2.24, 2.45) is 0 Å². The largest absolute Gasteiger partial charge is 0.465 e. The van der Waals surface area contributed by atoms with E-state index >= 15 is 0 Å². The molecule has 0 saturated heterocycles. The van der Waals surface area contributed by atoms with Gasteiger partial charge in [-0.3, -0.25) is 0 Å². The summed E-state index contributed by atoms with van der Waals surface area (Å²) < 4.78 is 1.83. The first-order chi connectivity index (χ1) is 5.72. The fraction of sp³-hybridized carbons (Fsp3) is 0.625. The number of carbonyl (C=O) groups is 1. The van der Waals surface area contributed by atoms with E-state index in [9.17, 15) is 4.79 Å². The van der Waals surface area contributed by atoms with E-state index in [-0.39, 0.29) is 0 Å². The van der Waals surface area contributed by atoms with Gasteiger partial charge in [0.1, 0.15) is 0 Å². The quantitative estimate of drug-likeness (QED) is 0.788. The minimum atomic E-state index is -0.835. The van der Waals surface area contributed by atoms with Gasteiger partial charge < -0.3 is 10.0 Å². The molecule has 0 aromatic heterocycles. The van der Waals surface area contributed by atoms with Crippen molar-refractivity contribution in [2.75, 3.05) is 13.1 Å². The highest BCUT2D eigenvalue weighted by atomic mass is 127. The van der Waals surface area contributed by atoms with Crippen LogP contribution in [0.5, 0.6) is 0 Å². The Morgan fingerprint density at radius 1 is 1.67 bits per heavy atom. The Morgan fingerprint density at radius 2 is 2.33 bits per heavy atom. The van der Waals surface area contributed by atoms with Crippen molar-refractivity contribution >= 4 is 28.7 Å². The molecule has 0 aromatic rings. The molecule has 4 heteroatoms. The van der Waals surface area contributed by atoms with E-state index in [4.69, 9.17) is 5.11 Å². The van der Waals surface area contributed by atoms with E-state index in [1.165, 1.54) is 4.90 Å². The van der Waals surface area contributed by atoms with E-state index in [2.05, 4.69) is 22.6 Å². The first kappa shape index (κ1) is 11.7. The molecule has 0 unspecified atom stereocenters. The zero-order valence-corrected chi connectivity index (χ0v) is 9.32. The van der Waals surface area contributed by atoms with Gasteiger partial charge in [-0.15, -0.1) is 0 Å². The van der Waals surface area contributed by atoms with Crippen molar-refractivity contribution in [3.8, 4) is 0 Å². The van der Waals surface area contributed by atoms with Crippen LogP contribution in [-0.2, 0) is 0 Å². The van der Waals surface area contributed by atoms with Crippen LogP contribution in [-0.4, -0.2) is 29.2 Å². The van der Waals surface area contributed by atoms with Gasteiger partial charge in [0.2, 0.25) is 0 Å². The number of rotatable bonds is 5. The molecule has 1 amide bonds. The molecule has 0 aliphatic carbocycles. The Labute approximate surface area is 86.6 Å². The molecule has 0 aliphatic rings. The van der Waals surface area contributed by atoms with Crippen molar-refractivity contribution in [1.29, 1.82) is 0 Å². The fourth-order valence-electron chi connectivity index (χ4n) is 0.781. The van der Waals surface area contributed by atoms with Gasteiger partial charge in [-0.05, 0) is 10.5 Å². The number of carboxylic acid groups (broad SMARTS) is 1. The first-order valence-electron chi connectivity index (χ1n) is 3.95. The lowest BCUT2D eigenvalue weighted by Crippen LogP contribution is -2.30. The molecule has 0 heterocycles. The average molecular weight is 283 g/mol. The monoisotopic (exact) mass is 283 g/mol. The van der Waals surface area contributed by atoms with E-state index in [0.29, 0.717) is 13.1 Å². The summed E-state index contributed by atoms with van der Waals surface area (Å²) in [4.78, 5) is 12.0. The molecule has 0 aliphatic heterocycles. The zero-order valence-electron chi connectivity index (χ0n) is 7.16. The maximum absolute atomic E-state index is 10.6. The molecule has 0 saturated carbocycles. The summed E-state index contributed by atoms with van der Waals surface area (Å²) in [6.45, 7) is 3.18. The Morgan fingerprint density at radius 3 is 2.75 bits per heavy atom. The Bertz CT molecular complexity index is 159. The Hall–Kier alpha value is -0.260. The second kappa shape index (κ2) is 7.39. The number of amides is 1. The summed E-state index contributed by atoms with van der Waals surface area (Å²) in [6, 6.07) is 0. The van der Waals surface area contributed by atoms with Crippen molar-refractivity contribution in [3.63, 3.8) is 0 Å². The van der Waals surface area contributed by atoms with E-state index in [1.54, 1.807) is 0 Å². The Kier molecular flexibility index (Phi) is 7.23. The molecular formula is C8H14INO2. The van der Waals surface area contributed by atoms with E-state index in [1.807, 2.05) is 17.1 Å². The number of nitrogens with zero attached hydrogens (tertiary/aromatic N) is 1. The average Bonchev–Trinajstić information content (AvgIpc) is 2.04. The third-order valence-electron chi connectivity index (χ3n) is 1.47. The molecule has 3 nitrogen and oxygen atoms in total. The summed E-state index contributed by atoms with van der Waals surface area (Å²) in [5.41, 5.74) is 0. The predicted octanol–water partition coefficient (Wildman–Crippen LogP) is 2.72. The molecule has 0 radical (unpaired) electrons. The topological polar surface area (TPSA) is 40.5 Å². The molecule has 0 rings (SSSR count). The first-order valence-corrected chi connectivity index (χ1v) is 5.20. The van der Waals surface area contributed by atoms with Crippen LogP contribution in [0.25, 0.3) is 0 Å². The lowest BCUT2D eigenvalue weighted by Gasteiger charge is -2.16. The van der Waals surface area contributed by atoms with Gasteiger partial charge in [-0.2, -0.15) is 0 Å². The van der Waals surface area contributed by atoms with Crippen LogP contribution in [0.2, 0.25) is 0 Å². The lowest BCUT2D eigenvalue weighted by atomic mass is 10.3. The van der Waals surface area contributed by atoms with Crippen LogP contribution in [0.1, 0.15) is 19.8 Å². The van der Waals surface area contributed by atoms with Gasteiger partial charge in [0, 0.05) is 13.1 Å². The smallest absolute Gasteiger partial charge is 0.407 e. The molecule has 0 aromatic carbocycles. The molecule has 0 bridgehead atoms. The predicted molar refractivity (Wildman–Crippen MR) is 57.7 cm³/mol. The van der Waals surface area contributed by atoms with Crippen LogP contribution in [0, 0.1) is 0 Å². The second-order valence-electron chi connectivity index (χ2n) is 2.44. The summed E-state index contributed by atoms with van der Waals surface area (Å²) in [6.07, 6.45) is 2.96. The molecule has 0 fully saturated rings. The summed E-state index contributed by atoms with van der Waals surface area (Å²) in [5.74, 6) is 0. The highest BCUT2D eigenvalue weighted by Gasteiger charge is 2.07. The zero-order chi connectivity index (χ0) is 9.40. The fourth-order valence-corrected chi connectivity index (χ4v) is 1.01. The van der Waals surface area contributed by atoms with Gasteiger partial charge in [0.15, 0.2) is 0 Å². The third kappa shape index (κ3) is 5.40. The molecule has 70 valence electrons. The summed E-state index contributed by atoms with van der Waals surface area (Å²) in [5, 5.41) is 8.72. The highest BCUT2D eigenvalue weighted by molar-refractivity contribution is 14.1. The van der Waals surface area contributed by atoms with Crippen LogP contribution < -0.4 is 0 Å². The molecular weight excluding hydrogens is 269 g/mol. The lowest BCUT2D eigenvalue weighted by molar-refractivity contribution is 0.149. The van der Waals surface area contributed by atoms with Crippen molar-refractivity contribution in [1.82, 2.24) is 4.90 Å². The second-order valence-corrected chi connectivity index (χ2v) is 3.16. The maximum atomic E-state index is 10.6. The van der Waals surface area contributed by atoms with Gasteiger partial charge in [0.05, 0.1) is 0 Å². The number of halogens is 1. The minimum absolute atomic E-state index is 0.498. The van der Waals surface area contributed by atoms with Crippen molar-refractivity contribution in [3.05, 3.63) is 10.2 Å². The highest BCUT2D eigenvalue weighted by Crippen LogP contribution is 1.97. The number of hydrogen-bond acceptors (Lipinski definition) is 1. The maximum Gasteiger partial charge on any atom is 0.407 e. The SMILES string of the molecule is CCCCN(CC=CI)C(=O)O. The van der Waals surface area contributed by atoms with Crippen LogP contribution in [0.4, 0.5) is 4.79 Å². The third-order valence-corrected chi connectivity index (χ3v) is 1.98. The minimum Gasteiger partial charge on any atom is -0.465 e. The summed E-state index contributed by atoms with van der Waals surface area (Å²) in [7, 11) is 0. The van der Waals surface area contributed by atoms with Crippen LogP contribution >= 0.6 is 22.6 Å². The van der Waals surface area contributed by atoms with Gasteiger partial charge >= 0.3 is 6.09 Å². The molecule has 1 N–H and O–H groups in total.